The summed E-state index contributed by atoms with van der Waals surface area (Å²) in [6.45, 7) is -0.144. The minimum Gasteiger partial charge on any atom is -0.352 e. The van der Waals surface area contributed by atoms with Crippen LogP contribution >= 0.6 is 0 Å². The summed E-state index contributed by atoms with van der Waals surface area (Å²) in [5, 5.41) is 3.03. The fourth-order valence-corrected chi connectivity index (χ4v) is 2.45. The molecule has 2 saturated heterocycles. The van der Waals surface area contributed by atoms with Crippen LogP contribution < -0.4 is 5.32 Å². The quantitative estimate of drug-likeness (QED) is 0.740. The summed E-state index contributed by atoms with van der Waals surface area (Å²) >= 11 is 0. The Bertz CT molecular complexity index is 316. The van der Waals surface area contributed by atoms with Crippen molar-refractivity contribution in [2.75, 3.05) is 40.8 Å². The Morgan fingerprint density at radius 1 is 1.26 bits per heavy atom. The van der Waals surface area contributed by atoms with Gasteiger partial charge in [-0.1, -0.05) is 0 Å². The van der Waals surface area contributed by atoms with Crippen LogP contribution in [0.5, 0.6) is 0 Å². The lowest BCUT2D eigenvalue weighted by atomic mass is 10.1. The number of nitrogens with one attached hydrogen (secondary N) is 1. The molecule has 2 fully saturated rings. The molecular formula is C11H20F3N3O2. The lowest BCUT2D eigenvalue weighted by Gasteiger charge is -2.42. The third-order valence-electron chi connectivity index (χ3n) is 3.61. The maximum absolute atomic E-state index is 12.2. The van der Waals surface area contributed by atoms with Crippen LogP contribution in [0, 0.1) is 0 Å². The molecule has 2 heterocycles. The van der Waals surface area contributed by atoms with E-state index in [1.807, 2.05) is 23.9 Å². The van der Waals surface area contributed by atoms with Crippen molar-refractivity contribution in [2.45, 2.75) is 30.8 Å². The van der Waals surface area contributed by atoms with E-state index in [9.17, 15) is 13.2 Å². The fourth-order valence-electron chi connectivity index (χ4n) is 2.45. The Labute approximate surface area is 110 Å². The van der Waals surface area contributed by atoms with Crippen LogP contribution in [0.3, 0.4) is 0 Å². The van der Waals surface area contributed by atoms with Gasteiger partial charge in [-0.3, -0.25) is 15.1 Å². The van der Waals surface area contributed by atoms with Crippen molar-refractivity contribution in [3.8, 4) is 0 Å². The number of piperazine rings is 1. The standard InChI is InChI=1S/C11H20F3N3O2/c1-15-10-9(19-10)7-4-17(3)8(5-16(7)2)18-6-11(12,13)14/h7-10,15H,4-6H2,1-3H3. The molecule has 4 atom stereocenters. The summed E-state index contributed by atoms with van der Waals surface area (Å²) in [5.74, 6) is 0. The Balaban J connectivity index is 1.84. The van der Waals surface area contributed by atoms with Crippen molar-refractivity contribution in [1.82, 2.24) is 15.1 Å². The predicted molar refractivity (Wildman–Crippen MR) is 62.6 cm³/mol. The van der Waals surface area contributed by atoms with Crippen LogP contribution in [0.25, 0.3) is 0 Å². The molecule has 0 amide bonds. The number of rotatable bonds is 4. The minimum absolute atomic E-state index is 0.0495. The maximum atomic E-state index is 12.2. The van der Waals surface area contributed by atoms with Crippen LogP contribution in [0.15, 0.2) is 0 Å². The molecule has 8 heteroatoms. The van der Waals surface area contributed by atoms with Crippen molar-refractivity contribution >= 4 is 0 Å². The summed E-state index contributed by atoms with van der Waals surface area (Å²) in [7, 11) is 5.49. The van der Waals surface area contributed by atoms with Crippen molar-refractivity contribution in [1.29, 1.82) is 0 Å². The molecule has 5 nitrogen and oxygen atoms in total. The van der Waals surface area contributed by atoms with Gasteiger partial charge in [-0.15, -0.1) is 0 Å². The zero-order valence-corrected chi connectivity index (χ0v) is 11.3. The van der Waals surface area contributed by atoms with Gasteiger partial charge in [-0.05, 0) is 21.1 Å². The van der Waals surface area contributed by atoms with Gasteiger partial charge in [0.2, 0.25) is 0 Å². The molecule has 4 unspecified atom stereocenters. The van der Waals surface area contributed by atoms with Gasteiger partial charge in [0.05, 0.1) is 6.04 Å². The second-order valence-electron chi connectivity index (χ2n) is 5.14. The zero-order chi connectivity index (χ0) is 14.2. The average molecular weight is 283 g/mol. The first-order valence-electron chi connectivity index (χ1n) is 6.23. The maximum Gasteiger partial charge on any atom is 0.411 e. The van der Waals surface area contributed by atoms with E-state index in [0.29, 0.717) is 13.1 Å². The van der Waals surface area contributed by atoms with Gasteiger partial charge in [0.1, 0.15) is 25.2 Å². The molecule has 0 aromatic carbocycles. The Morgan fingerprint density at radius 3 is 2.47 bits per heavy atom. The Hall–Kier alpha value is -0.410. The van der Waals surface area contributed by atoms with Gasteiger partial charge in [0, 0.05) is 13.1 Å². The first-order chi connectivity index (χ1) is 8.81. The Morgan fingerprint density at radius 2 is 1.95 bits per heavy atom. The predicted octanol–water partition coefficient (Wildman–Crippen LogP) is 0.0815. The second-order valence-corrected chi connectivity index (χ2v) is 5.14. The molecule has 2 aliphatic rings. The molecule has 19 heavy (non-hydrogen) atoms. The second kappa shape index (κ2) is 5.53. The van der Waals surface area contributed by atoms with Crippen molar-refractivity contribution in [2.24, 2.45) is 0 Å². The fraction of sp³-hybridized carbons (Fsp3) is 1.00. The van der Waals surface area contributed by atoms with Crippen LogP contribution in [-0.4, -0.2) is 81.4 Å². The average Bonchev–Trinajstić information content (AvgIpc) is 3.08. The summed E-state index contributed by atoms with van der Waals surface area (Å²) in [6, 6.07) is 0.174. The van der Waals surface area contributed by atoms with E-state index in [1.165, 1.54) is 0 Å². The topological polar surface area (TPSA) is 40.3 Å². The number of epoxide rings is 1. The number of ether oxygens (including phenoxy) is 2. The molecule has 112 valence electrons. The SMILES string of the molecule is CNC1OC1C1CN(C)C(OCC(F)(F)F)CN1C. The third-order valence-corrected chi connectivity index (χ3v) is 3.61. The highest BCUT2D eigenvalue weighted by Gasteiger charge is 2.48. The first kappa shape index (κ1) is 15.0. The van der Waals surface area contributed by atoms with E-state index in [2.05, 4.69) is 5.32 Å². The van der Waals surface area contributed by atoms with Gasteiger partial charge < -0.3 is 9.47 Å². The molecule has 0 spiro atoms. The molecule has 0 aromatic rings. The summed E-state index contributed by atoms with van der Waals surface area (Å²) < 4.78 is 46.9. The van der Waals surface area contributed by atoms with Gasteiger partial charge >= 0.3 is 6.18 Å². The van der Waals surface area contributed by atoms with E-state index < -0.39 is 19.0 Å². The molecule has 0 radical (unpaired) electrons. The monoisotopic (exact) mass is 283 g/mol. The number of hydrogen-bond acceptors (Lipinski definition) is 5. The molecule has 2 aliphatic heterocycles. The van der Waals surface area contributed by atoms with Crippen molar-refractivity contribution in [3.05, 3.63) is 0 Å². The third kappa shape index (κ3) is 3.79. The number of halogens is 3. The molecule has 0 aliphatic carbocycles. The van der Waals surface area contributed by atoms with Crippen LogP contribution in [0.1, 0.15) is 0 Å². The van der Waals surface area contributed by atoms with Gasteiger partial charge in [-0.2, -0.15) is 13.2 Å². The lowest BCUT2D eigenvalue weighted by Crippen LogP contribution is -2.59. The van der Waals surface area contributed by atoms with Gasteiger partial charge in [-0.25, -0.2) is 0 Å². The van der Waals surface area contributed by atoms with Gasteiger partial charge in [0.25, 0.3) is 0 Å². The van der Waals surface area contributed by atoms with E-state index in [1.54, 1.807) is 7.05 Å². The van der Waals surface area contributed by atoms with Crippen LogP contribution in [0.2, 0.25) is 0 Å². The molecule has 0 bridgehead atoms. The number of hydrogen-bond donors (Lipinski definition) is 1. The van der Waals surface area contributed by atoms with Crippen LogP contribution in [-0.2, 0) is 9.47 Å². The summed E-state index contributed by atoms with van der Waals surface area (Å²) in [4.78, 5) is 3.81. The molecular weight excluding hydrogens is 263 g/mol. The van der Waals surface area contributed by atoms with Gasteiger partial charge in [0.15, 0.2) is 0 Å². The van der Waals surface area contributed by atoms with E-state index in [4.69, 9.17) is 9.47 Å². The minimum atomic E-state index is -4.28. The number of alkyl halides is 3. The highest BCUT2D eigenvalue weighted by atomic mass is 19.4. The molecule has 2 rings (SSSR count). The van der Waals surface area contributed by atoms with E-state index >= 15 is 0 Å². The van der Waals surface area contributed by atoms with Crippen molar-refractivity contribution < 1.29 is 22.6 Å². The largest absolute Gasteiger partial charge is 0.411 e. The number of likely N-dealkylation sites (N-methyl/N-ethyl adjacent to an activating group) is 3. The van der Waals surface area contributed by atoms with E-state index in [-0.39, 0.29) is 18.4 Å². The smallest absolute Gasteiger partial charge is 0.352 e. The summed E-state index contributed by atoms with van der Waals surface area (Å²) in [5.41, 5.74) is 0. The highest BCUT2D eigenvalue weighted by Crippen LogP contribution is 2.29. The van der Waals surface area contributed by atoms with Crippen LogP contribution in [0.4, 0.5) is 13.2 Å². The first-order valence-corrected chi connectivity index (χ1v) is 6.23. The molecule has 0 saturated carbocycles. The Kier molecular flexibility index (Phi) is 4.36. The lowest BCUT2D eigenvalue weighted by molar-refractivity contribution is -0.211. The van der Waals surface area contributed by atoms with E-state index in [0.717, 1.165) is 0 Å². The number of nitrogens with zero attached hydrogens (tertiary/aromatic N) is 2. The molecule has 0 aromatic heterocycles. The molecule has 1 N–H and O–H groups in total. The van der Waals surface area contributed by atoms with Crippen molar-refractivity contribution in [3.63, 3.8) is 0 Å². The summed E-state index contributed by atoms with van der Waals surface area (Å²) in [6.07, 6.45) is -4.67. The highest BCUT2D eigenvalue weighted by molar-refractivity contribution is 4.97. The normalized spacial score (nSPS) is 37.6. The zero-order valence-electron chi connectivity index (χ0n) is 11.3.